The molecule has 1 atom stereocenters. The van der Waals surface area contributed by atoms with Crippen LogP contribution >= 0.6 is 0 Å². The minimum absolute atomic E-state index is 0.166. The van der Waals surface area contributed by atoms with E-state index in [4.69, 9.17) is 5.11 Å². The van der Waals surface area contributed by atoms with E-state index in [0.29, 0.717) is 19.6 Å². The largest absolute Gasteiger partial charge is 0.481 e. The van der Waals surface area contributed by atoms with Crippen molar-refractivity contribution in [3.8, 4) is 0 Å². The van der Waals surface area contributed by atoms with Gasteiger partial charge in [-0.25, -0.2) is 0 Å². The molecule has 1 aliphatic heterocycles. The van der Waals surface area contributed by atoms with Gasteiger partial charge in [0.25, 0.3) is 10.2 Å². The molecular formula is C11H22N2O4S. The second kappa shape index (κ2) is 6.49. The Labute approximate surface area is 109 Å². The van der Waals surface area contributed by atoms with Gasteiger partial charge in [0.15, 0.2) is 0 Å². The Morgan fingerprint density at radius 3 is 2.33 bits per heavy atom. The molecule has 0 aliphatic carbocycles. The quantitative estimate of drug-likeness (QED) is 0.783. The number of nitrogens with zero attached hydrogens (tertiary/aromatic N) is 2. The molecule has 1 unspecified atom stereocenters. The van der Waals surface area contributed by atoms with Gasteiger partial charge in [0.2, 0.25) is 0 Å². The summed E-state index contributed by atoms with van der Waals surface area (Å²) in [6.07, 6.45) is 2.65. The van der Waals surface area contributed by atoms with Crippen LogP contribution in [0.25, 0.3) is 0 Å². The zero-order valence-corrected chi connectivity index (χ0v) is 11.8. The minimum Gasteiger partial charge on any atom is -0.481 e. The first-order chi connectivity index (χ1) is 8.39. The van der Waals surface area contributed by atoms with Crippen LogP contribution in [-0.4, -0.2) is 53.8 Å². The first-order valence-electron chi connectivity index (χ1n) is 6.38. The summed E-state index contributed by atoms with van der Waals surface area (Å²) in [5.41, 5.74) is 0. The topological polar surface area (TPSA) is 77.9 Å². The maximum absolute atomic E-state index is 12.4. The van der Waals surface area contributed by atoms with Crippen LogP contribution in [0.5, 0.6) is 0 Å². The van der Waals surface area contributed by atoms with Crippen molar-refractivity contribution in [2.24, 2.45) is 0 Å². The molecule has 0 amide bonds. The third-order valence-corrected chi connectivity index (χ3v) is 5.44. The summed E-state index contributed by atoms with van der Waals surface area (Å²) in [6.45, 7) is 4.75. The number of hydrogen-bond acceptors (Lipinski definition) is 3. The summed E-state index contributed by atoms with van der Waals surface area (Å²) < 4.78 is 27.6. The number of piperidine rings is 1. The molecule has 1 rings (SSSR count). The summed E-state index contributed by atoms with van der Waals surface area (Å²) in [6, 6.07) is -0.514. The number of hydrogen-bond donors (Lipinski definition) is 1. The van der Waals surface area contributed by atoms with Gasteiger partial charge in [-0.15, -0.1) is 0 Å². The Kier molecular flexibility index (Phi) is 5.55. The lowest BCUT2D eigenvalue weighted by Gasteiger charge is -2.34. The lowest BCUT2D eigenvalue weighted by Crippen LogP contribution is -2.49. The maximum atomic E-state index is 12.4. The van der Waals surface area contributed by atoms with Crippen LogP contribution in [0.15, 0.2) is 0 Å². The van der Waals surface area contributed by atoms with Crippen LogP contribution < -0.4 is 0 Å². The van der Waals surface area contributed by atoms with E-state index >= 15 is 0 Å². The lowest BCUT2D eigenvalue weighted by molar-refractivity contribution is -0.137. The normalized spacial score (nSPS) is 19.9. The number of carboxylic acid groups (broad SMARTS) is 1. The standard InChI is InChI=1S/C11H22N2O4S/c1-3-13(10(2)9-11(14)15)18(16,17)12-7-5-4-6-8-12/h10H,3-9H2,1-2H3,(H,14,15). The molecule has 6 nitrogen and oxygen atoms in total. The average Bonchev–Trinajstić information content (AvgIpc) is 2.29. The van der Waals surface area contributed by atoms with Gasteiger partial charge in [-0.05, 0) is 19.8 Å². The molecule has 18 heavy (non-hydrogen) atoms. The predicted molar refractivity (Wildman–Crippen MR) is 68.4 cm³/mol. The van der Waals surface area contributed by atoms with Gasteiger partial charge in [-0.1, -0.05) is 13.3 Å². The van der Waals surface area contributed by atoms with Crippen molar-refractivity contribution in [1.82, 2.24) is 8.61 Å². The average molecular weight is 278 g/mol. The van der Waals surface area contributed by atoms with E-state index in [1.807, 2.05) is 0 Å². The summed E-state index contributed by atoms with van der Waals surface area (Å²) >= 11 is 0. The zero-order valence-electron chi connectivity index (χ0n) is 11.0. The van der Waals surface area contributed by atoms with Crippen LogP contribution in [-0.2, 0) is 15.0 Å². The Bertz CT molecular complexity index is 377. The van der Waals surface area contributed by atoms with Crippen LogP contribution in [0.1, 0.15) is 39.5 Å². The molecule has 0 saturated carbocycles. The highest BCUT2D eigenvalue weighted by Gasteiger charge is 2.33. The van der Waals surface area contributed by atoms with Gasteiger partial charge < -0.3 is 5.11 Å². The van der Waals surface area contributed by atoms with Gasteiger partial charge in [-0.3, -0.25) is 4.79 Å². The van der Waals surface area contributed by atoms with E-state index in [9.17, 15) is 13.2 Å². The lowest BCUT2D eigenvalue weighted by atomic mass is 10.2. The molecule has 0 spiro atoms. The van der Waals surface area contributed by atoms with Crippen LogP contribution in [0.3, 0.4) is 0 Å². The smallest absolute Gasteiger partial charge is 0.304 e. The SMILES string of the molecule is CCN(C(C)CC(=O)O)S(=O)(=O)N1CCCCC1. The van der Waals surface area contributed by atoms with Crippen LogP contribution in [0.4, 0.5) is 0 Å². The number of carbonyl (C=O) groups is 1. The highest BCUT2D eigenvalue weighted by molar-refractivity contribution is 7.86. The summed E-state index contributed by atoms with van der Waals surface area (Å²) in [5, 5.41) is 8.77. The summed E-state index contributed by atoms with van der Waals surface area (Å²) in [7, 11) is -3.52. The molecule has 0 aromatic heterocycles. The Morgan fingerprint density at radius 1 is 1.33 bits per heavy atom. The van der Waals surface area contributed by atoms with Gasteiger partial charge in [-0.2, -0.15) is 17.0 Å². The monoisotopic (exact) mass is 278 g/mol. The molecule has 0 bridgehead atoms. The van der Waals surface area contributed by atoms with Crippen molar-refractivity contribution < 1.29 is 18.3 Å². The molecule has 0 radical (unpaired) electrons. The van der Waals surface area contributed by atoms with Gasteiger partial charge in [0, 0.05) is 25.7 Å². The van der Waals surface area contributed by atoms with Crippen molar-refractivity contribution in [1.29, 1.82) is 0 Å². The first kappa shape index (κ1) is 15.4. The molecule has 106 valence electrons. The predicted octanol–water partition coefficient (Wildman–Crippen LogP) is 0.902. The molecule has 1 heterocycles. The number of carboxylic acids is 1. The molecule has 0 aromatic rings. The second-order valence-corrected chi connectivity index (χ2v) is 6.50. The molecule has 1 N–H and O–H groups in total. The van der Waals surface area contributed by atoms with Crippen molar-refractivity contribution >= 4 is 16.2 Å². The molecule has 1 aliphatic rings. The Morgan fingerprint density at radius 2 is 1.89 bits per heavy atom. The molecular weight excluding hydrogens is 256 g/mol. The maximum Gasteiger partial charge on any atom is 0.304 e. The van der Waals surface area contributed by atoms with Crippen molar-refractivity contribution in [2.45, 2.75) is 45.6 Å². The summed E-state index contributed by atoms with van der Waals surface area (Å²) in [5.74, 6) is -0.977. The van der Waals surface area contributed by atoms with E-state index < -0.39 is 22.2 Å². The fraction of sp³-hybridized carbons (Fsp3) is 0.909. The van der Waals surface area contributed by atoms with Gasteiger partial charge >= 0.3 is 5.97 Å². The highest BCUT2D eigenvalue weighted by Crippen LogP contribution is 2.19. The molecule has 0 aromatic carbocycles. The fourth-order valence-electron chi connectivity index (χ4n) is 2.30. The Balaban J connectivity index is 2.81. The van der Waals surface area contributed by atoms with Crippen molar-refractivity contribution in [2.75, 3.05) is 19.6 Å². The van der Waals surface area contributed by atoms with E-state index in [-0.39, 0.29) is 6.42 Å². The second-order valence-electron chi connectivity index (χ2n) is 4.62. The third-order valence-electron chi connectivity index (χ3n) is 3.21. The number of rotatable bonds is 6. The van der Waals surface area contributed by atoms with Crippen molar-refractivity contribution in [3.05, 3.63) is 0 Å². The molecule has 7 heteroatoms. The zero-order chi connectivity index (χ0) is 13.8. The molecule has 1 fully saturated rings. The van der Waals surface area contributed by atoms with E-state index in [1.165, 1.54) is 8.61 Å². The van der Waals surface area contributed by atoms with Crippen molar-refractivity contribution in [3.63, 3.8) is 0 Å². The van der Waals surface area contributed by atoms with Crippen LogP contribution in [0.2, 0.25) is 0 Å². The van der Waals surface area contributed by atoms with E-state index in [2.05, 4.69) is 0 Å². The van der Waals surface area contributed by atoms with E-state index in [1.54, 1.807) is 13.8 Å². The third kappa shape index (κ3) is 3.66. The Hall–Kier alpha value is -0.660. The molecule has 1 saturated heterocycles. The van der Waals surface area contributed by atoms with Gasteiger partial charge in [0.1, 0.15) is 0 Å². The van der Waals surface area contributed by atoms with E-state index in [0.717, 1.165) is 19.3 Å². The summed E-state index contributed by atoms with van der Waals surface area (Å²) in [4.78, 5) is 10.7. The van der Waals surface area contributed by atoms with Crippen LogP contribution in [0, 0.1) is 0 Å². The minimum atomic E-state index is -3.52. The first-order valence-corrected chi connectivity index (χ1v) is 7.78. The number of aliphatic carboxylic acids is 1. The highest BCUT2D eigenvalue weighted by atomic mass is 32.2. The van der Waals surface area contributed by atoms with Gasteiger partial charge in [0.05, 0.1) is 6.42 Å². The fourth-order valence-corrected chi connectivity index (χ4v) is 4.17.